The highest BCUT2D eigenvalue weighted by molar-refractivity contribution is 14.1. The Hall–Kier alpha value is -1.72. The zero-order valence-electron chi connectivity index (χ0n) is 21.3. The number of alkyl halides is 1. The van der Waals surface area contributed by atoms with E-state index in [0.717, 1.165) is 51.0 Å². The molecular weight excluding hydrogens is 658 g/mol. The summed E-state index contributed by atoms with van der Waals surface area (Å²) >= 11 is 4.80. The van der Waals surface area contributed by atoms with Gasteiger partial charge in [0, 0.05) is 27.9 Å². The standard InChI is InChI=1S/C31H34I2O2/c1-6-7-8-9-10-20-29(23(4)32)35-30-21(2)14-11-17-26(30)24-15-12-16-25(22(24)3)27-18-13-19-28(33)31(27)34-5/h11-19,23,29H,6-8,20H2,1-5H3. The Morgan fingerprint density at radius 1 is 0.857 bits per heavy atom. The average molecular weight is 692 g/mol. The predicted molar refractivity (Wildman–Crippen MR) is 166 cm³/mol. The van der Waals surface area contributed by atoms with E-state index in [-0.39, 0.29) is 6.10 Å². The highest BCUT2D eigenvalue weighted by Gasteiger charge is 2.21. The van der Waals surface area contributed by atoms with Gasteiger partial charge in [0.25, 0.3) is 0 Å². The molecule has 0 amide bonds. The normalized spacial score (nSPS) is 12.4. The monoisotopic (exact) mass is 692 g/mol. The summed E-state index contributed by atoms with van der Waals surface area (Å²) in [5.41, 5.74) is 6.92. The van der Waals surface area contributed by atoms with Crippen LogP contribution in [0.4, 0.5) is 0 Å². The summed E-state index contributed by atoms with van der Waals surface area (Å²) in [5, 5.41) is 0. The first kappa shape index (κ1) is 27.9. The van der Waals surface area contributed by atoms with E-state index in [2.05, 4.69) is 139 Å². The molecule has 0 heterocycles. The third-order valence-corrected chi connectivity index (χ3v) is 7.81. The van der Waals surface area contributed by atoms with Gasteiger partial charge in [-0.25, -0.2) is 0 Å². The number of rotatable bonds is 9. The molecule has 0 aliphatic rings. The molecule has 35 heavy (non-hydrogen) atoms. The Kier molecular flexibility index (Phi) is 10.8. The Morgan fingerprint density at radius 2 is 1.46 bits per heavy atom. The molecule has 2 unspecified atom stereocenters. The molecule has 0 saturated carbocycles. The van der Waals surface area contributed by atoms with Crippen molar-refractivity contribution in [3.05, 3.63) is 69.3 Å². The number of hydrogen-bond acceptors (Lipinski definition) is 2. The van der Waals surface area contributed by atoms with Crippen LogP contribution in [-0.4, -0.2) is 17.1 Å². The van der Waals surface area contributed by atoms with E-state index in [9.17, 15) is 0 Å². The molecule has 2 atom stereocenters. The maximum Gasteiger partial charge on any atom is 0.140 e. The Morgan fingerprint density at radius 3 is 2.09 bits per heavy atom. The number of unbranched alkanes of at least 4 members (excludes halogenated alkanes) is 2. The van der Waals surface area contributed by atoms with Gasteiger partial charge in [-0.3, -0.25) is 0 Å². The van der Waals surface area contributed by atoms with Crippen LogP contribution in [0.2, 0.25) is 0 Å². The second-order valence-electron chi connectivity index (χ2n) is 8.75. The number of halogens is 2. The number of aryl methyl sites for hydroxylation is 1. The highest BCUT2D eigenvalue weighted by Crippen LogP contribution is 2.42. The molecule has 0 aromatic heterocycles. The Labute approximate surface area is 238 Å². The lowest BCUT2D eigenvalue weighted by atomic mass is 9.91. The van der Waals surface area contributed by atoms with Crippen LogP contribution in [0.15, 0.2) is 54.6 Å². The van der Waals surface area contributed by atoms with Crippen molar-refractivity contribution in [3.8, 4) is 45.6 Å². The van der Waals surface area contributed by atoms with Crippen molar-refractivity contribution < 1.29 is 9.47 Å². The maximum absolute atomic E-state index is 6.73. The van der Waals surface area contributed by atoms with Crippen molar-refractivity contribution in [2.24, 2.45) is 0 Å². The average Bonchev–Trinajstić information content (AvgIpc) is 2.84. The summed E-state index contributed by atoms with van der Waals surface area (Å²) in [5.74, 6) is 8.55. The fourth-order valence-electron chi connectivity index (χ4n) is 4.14. The van der Waals surface area contributed by atoms with Gasteiger partial charge in [0.05, 0.1) is 10.7 Å². The number of hydrogen-bond donors (Lipinski definition) is 0. The first-order chi connectivity index (χ1) is 16.9. The molecule has 2 nitrogen and oxygen atoms in total. The van der Waals surface area contributed by atoms with Gasteiger partial charge >= 0.3 is 0 Å². The van der Waals surface area contributed by atoms with E-state index in [1.54, 1.807) is 7.11 Å². The van der Waals surface area contributed by atoms with Gasteiger partial charge in [0.1, 0.15) is 17.6 Å². The smallest absolute Gasteiger partial charge is 0.140 e. The van der Waals surface area contributed by atoms with E-state index in [1.165, 1.54) is 23.1 Å². The lowest BCUT2D eigenvalue weighted by molar-refractivity contribution is 0.212. The molecule has 4 heteroatoms. The third-order valence-electron chi connectivity index (χ3n) is 6.16. The lowest BCUT2D eigenvalue weighted by Gasteiger charge is -2.24. The zero-order chi connectivity index (χ0) is 25.4. The Bertz CT molecular complexity index is 1200. The van der Waals surface area contributed by atoms with E-state index in [4.69, 9.17) is 9.47 Å². The van der Waals surface area contributed by atoms with Crippen LogP contribution in [0.25, 0.3) is 22.3 Å². The molecular formula is C31H34I2O2. The molecule has 0 fully saturated rings. The summed E-state index contributed by atoms with van der Waals surface area (Å²) in [4.78, 5) is 0. The van der Waals surface area contributed by atoms with E-state index in [1.807, 2.05) is 0 Å². The molecule has 0 aliphatic heterocycles. The van der Waals surface area contributed by atoms with Crippen LogP contribution in [-0.2, 0) is 0 Å². The fraction of sp³-hybridized carbons (Fsp3) is 0.355. The van der Waals surface area contributed by atoms with Crippen LogP contribution in [0.1, 0.15) is 50.7 Å². The van der Waals surface area contributed by atoms with Crippen molar-refractivity contribution in [1.82, 2.24) is 0 Å². The number of methoxy groups -OCH3 is 1. The molecule has 3 aromatic rings. The Balaban J connectivity index is 2.03. The van der Waals surface area contributed by atoms with Gasteiger partial charge in [-0.15, -0.1) is 5.92 Å². The van der Waals surface area contributed by atoms with Crippen LogP contribution in [0.5, 0.6) is 11.5 Å². The lowest BCUT2D eigenvalue weighted by Crippen LogP contribution is -2.25. The maximum atomic E-state index is 6.73. The molecule has 0 bridgehead atoms. The zero-order valence-corrected chi connectivity index (χ0v) is 25.6. The predicted octanol–water partition coefficient (Wildman–Crippen LogP) is 9.41. The van der Waals surface area contributed by atoms with Crippen LogP contribution in [0.3, 0.4) is 0 Å². The summed E-state index contributed by atoms with van der Waals surface area (Å²) < 4.78 is 13.9. The SMILES string of the molecule is CCCCC#CCC(Oc1c(C)cccc1-c1cccc(-c2cccc(I)c2OC)c1C)C(C)I. The van der Waals surface area contributed by atoms with Gasteiger partial charge in [-0.2, -0.15) is 0 Å². The molecule has 184 valence electrons. The fourth-order valence-corrected chi connectivity index (χ4v) is 5.26. The highest BCUT2D eigenvalue weighted by atomic mass is 127. The summed E-state index contributed by atoms with van der Waals surface area (Å²) in [6.45, 7) is 8.72. The van der Waals surface area contributed by atoms with Gasteiger partial charge in [-0.05, 0) is 78.1 Å². The van der Waals surface area contributed by atoms with E-state index < -0.39 is 0 Å². The molecule has 0 radical (unpaired) electrons. The third kappa shape index (κ3) is 6.95. The molecule has 0 aliphatic carbocycles. The van der Waals surface area contributed by atoms with Gasteiger partial charge in [-0.1, -0.05) is 90.4 Å². The van der Waals surface area contributed by atoms with Crippen molar-refractivity contribution in [3.63, 3.8) is 0 Å². The molecule has 3 rings (SSSR count). The summed E-state index contributed by atoms with van der Waals surface area (Å²) in [6, 6.07) is 19.2. The van der Waals surface area contributed by atoms with Crippen molar-refractivity contribution in [2.45, 2.75) is 63.4 Å². The van der Waals surface area contributed by atoms with E-state index in [0.29, 0.717) is 3.92 Å². The second kappa shape index (κ2) is 13.5. The second-order valence-corrected chi connectivity index (χ2v) is 11.9. The molecule has 0 N–H and O–H groups in total. The number of para-hydroxylation sites is 2. The van der Waals surface area contributed by atoms with Gasteiger partial charge in [0.2, 0.25) is 0 Å². The van der Waals surface area contributed by atoms with Crippen LogP contribution >= 0.6 is 45.2 Å². The van der Waals surface area contributed by atoms with Crippen LogP contribution < -0.4 is 9.47 Å². The minimum absolute atomic E-state index is 0.0314. The number of ether oxygens (including phenoxy) is 2. The largest absolute Gasteiger partial charge is 0.495 e. The number of benzene rings is 3. The van der Waals surface area contributed by atoms with Crippen molar-refractivity contribution in [2.75, 3.05) is 7.11 Å². The summed E-state index contributed by atoms with van der Waals surface area (Å²) in [7, 11) is 1.74. The van der Waals surface area contributed by atoms with Gasteiger partial charge in [0.15, 0.2) is 0 Å². The molecule has 0 spiro atoms. The quantitative estimate of drug-likeness (QED) is 0.0964. The van der Waals surface area contributed by atoms with Crippen molar-refractivity contribution in [1.29, 1.82) is 0 Å². The van der Waals surface area contributed by atoms with E-state index >= 15 is 0 Å². The minimum Gasteiger partial charge on any atom is -0.495 e. The van der Waals surface area contributed by atoms with Crippen LogP contribution in [0, 0.1) is 29.3 Å². The van der Waals surface area contributed by atoms with Crippen molar-refractivity contribution >= 4 is 45.2 Å². The minimum atomic E-state index is 0.0314. The van der Waals surface area contributed by atoms with Gasteiger partial charge < -0.3 is 9.47 Å². The summed E-state index contributed by atoms with van der Waals surface area (Å²) in [6.07, 6.45) is 4.06. The first-order valence-electron chi connectivity index (χ1n) is 12.2. The molecule has 3 aromatic carbocycles. The molecule has 0 saturated heterocycles. The first-order valence-corrected chi connectivity index (χ1v) is 14.5. The topological polar surface area (TPSA) is 18.5 Å².